The van der Waals surface area contributed by atoms with Gasteiger partial charge in [0.05, 0.1) is 24.7 Å². The molecule has 1 spiro atoms. The number of amides is 2. The van der Waals surface area contributed by atoms with Crippen molar-refractivity contribution in [2.75, 3.05) is 28.2 Å². The van der Waals surface area contributed by atoms with Crippen molar-refractivity contribution in [2.24, 2.45) is 12.2 Å². The molecule has 0 radical (unpaired) electrons. The highest BCUT2D eigenvalue weighted by Gasteiger charge is 2.45. The molecule has 2 amide bonds. The molecular formula is C35H39N11O2. The van der Waals surface area contributed by atoms with Crippen LogP contribution >= 0.6 is 0 Å². The number of anilines is 3. The molecular weight excluding hydrogens is 606 g/mol. The highest BCUT2D eigenvalue weighted by atomic mass is 16.7. The van der Waals surface area contributed by atoms with E-state index in [1.165, 1.54) is 0 Å². The summed E-state index contributed by atoms with van der Waals surface area (Å²) in [5.41, 5.74) is 4.02. The fraction of sp³-hybridized carbons (Fsp3) is 0.400. The average Bonchev–Trinajstić information content (AvgIpc) is 3.85. The summed E-state index contributed by atoms with van der Waals surface area (Å²) >= 11 is 0. The van der Waals surface area contributed by atoms with Crippen LogP contribution in [0.15, 0.2) is 72.4 Å². The Kier molecular flexibility index (Phi) is 8.63. The van der Waals surface area contributed by atoms with Crippen LogP contribution in [0.25, 0.3) is 11.1 Å². The van der Waals surface area contributed by atoms with Gasteiger partial charge in [-0.3, -0.25) is 9.58 Å². The maximum atomic E-state index is 13.8. The molecule has 4 aromatic rings. The van der Waals surface area contributed by atoms with Gasteiger partial charge >= 0.3 is 6.03 Å². The fourth-order valence-electron chi connectivity index (χ4n) is 6.96. The summed E-state index contributed by atoms with van der Waals surface area (Å²) in [6, 6.07) is 16.0. The van der Waals surface area contributed by atoms with E-state index >= 15 is 0 Å². The van der Waals surface area contributed by atoms with Crippen molar-refractivity contribution >= 4 is 29.3 Å². The van der Waals surface area contributed by atoms with Gasteiger partial charge in [-0.1, -0.05) is 35.5 Å². The largest absolute Gasteiger partial charge is 0.387 e. The van der Waals surface area contributed by atoms with Crippen LogP contribution in [-0.2, 0) is 18.4 Å². The van der Waals surface area contributed by atoms with Crippen LogP contribution in [0, 0.1) is 11.3 Å². The summed E-state index contributed by atoms with van der Waals surface area (Å²) in [5, 5.41) is 24.9. The molecule has 13 heteroatoms. The molecule has 7 rings (SSSR count). The zero-order valence-electron chi connectivity index (χ0n) is 27.2. The number of hydrogen-bond donors (Lipinski definition) is 2. The number of aryl methyl sites for hydroxylation is 1. The zero-order chi connectivity index (χ0) is 33.1. The van der Waals surface area contributed by atoms with E-state index in [4.69, 9.17) is 14.8 Å². The van der Waals surface area contributed by atoms with Crippen molar-refractivity contribution < 1.29 is 9.63 Å². The standard InChI is InChI=1S/C35H39N11O2/c1-24-16-35(48-43-24)14-15-45(23-35)32-27(17-36)20-38-33(42-32)41-29-9-11-30(12-10-29)46(34(47)39-18-25-6-4-3-5-7-25)31-13-8-26(19-37-31)28-21-40-44(2)22-28/h3-8,13,19-22,29-30H,9-12,14-16,18,23H2,1-2H3,(H,39,47)(H,38,41,42). The van der Waals surface area contributed by atoms with E-state index in [1.807, 2.05) is 67.5 Å². The number of nitriles is 1. The second kappa shape index (κ2) is 13.3. The third kappa shape index (κ3) is 6.64. The number of hydrogen-bond acceptors (Lipinski definition) is 10. The Labute approximate surface area is 279 Å². The average molecular weight is 646 g/mol. The fourth-order valence-corrected chi connectivity index (χ4v) is 6.96. The van der Waals surface area contributed by atoms with E-state index in [1.54, 1.807) is 23.3 Å². The number of benzene rings is 1. The molecule has 5 heterocycles. The molecule has 13 nitrogen and oxygen atoms in total. The maximum absolute atomic E-state index is 13.8. The lowest BCUT2D eigenvalue weighted by atomic mass is 9.90. The Balaban J connectivity index is 1.03. The summed E-state index contributed by atoms with van der Waals surface area (Å²) in [6.07, 6.45) is 11.9. The number of nitrogens with one attached hydrogen (secondary N) is 2. The van der Waals surface area contributed by atoms with Gasteiger partial charge in [-0.15, -0.1) is 0 Å². The second-order valence-electron chi connectivity index (χ2n) is 13.0. The van der Waals surface area contributed by atoms with E-state index < -0.39 is 0 Å². The molecule has 2 fully saturated rings. The maximum Gasteiger partial charge on any atom is 0.323 e. The molecule has 3 aliphatic rings. The minimum atomic E-state index is -0.346. The van der Waals surface area contributed by atoms with Gasteiger partial charge in [-0.25, -0.2) is 14.8 Å². The topological polar surface area (TPSA) is 149 Å². The van der Waals surface area contributed by atoms with Crippen molar-refractivity contribution in [1.29, 1.82) is 5.26 Å². The van der Waals surface area contributed by atoms with Gasteiger partial charge < -0.3 is 20.4 Å². The quantitative estimate of drug-likeness (QED) is 0.269. The van der Waals surface area contributed by atoms with Gasteiger partial charge in [0.1, 0.15) is 17.5 Å². The number of aromatic nitrogens is 5. The number of pyridine rings is 1. The summed E-state index contributed by atoms with van der Waals surface area (Å²) in [7, 11) is 1.88. The number of urea groups is 1. The number of rotatable bonds is 8. The van der Waals surface area contributed by atoms with Crippen LogP contribution < -0.4 is 20.4 Å². The summed E-state index contributed by atoms with van der Waals surface area (Å²) in [5.74, 6) is 1.73. The molecule has 3 aromatic heterocycles. The Hall–Kier alpha value is -5.51. The predicted molar refractivity (Wildman–Crippen MR) is 182 cm³/mol. The molecule has 2 aliphatic heterocycles. The summed E-state index contributed by atoms with van der Waals surface area (Å²) in [4.78, 5) is 37.5. The van der Waals surface area contributed by atoms with Crippen LogP contribution in [-0.4, -0.2) is 67.2 Å². The SMILES string of the molecule is CC1=NOC2(CCN(c3nc(NC4CCC(N(C(=O)NCc5ccccc5)c5ccc(-c6cnn(C)c6)cn5)CC4)ncc3C#N)C2)C1. The lowest BCUT2D eigenvalue weighted by molar-refractivity contribution is -0.000544. The third-order valence-electron chi connectivity index (χ3n) is 9.41. The van der Waals surface area contributed by atoms with Crippen molar-refractivity contribution in [2.45, 2.75) is 69.7 Å². The van der Waals surface area contributed by atoms with Gasteiger partial charge in [0.2, 0.25) is 5.95 Å². The van der Waals surface area contributed by atoms with Crippen LogP contribution in [0.1, 0.15) is 56.6 Å². The minimum Gasteiger partial charge on any atom is -0.387 e. The highest BCUT2D eigenvalue weighted by Crippen LogP contribution is 2.37. The van der Waals surface area contributed by atoms with Crippen molar-refractivity contribution in [3.05, 3.63) is 78.4 Å². The summed E-state index contributed by atoms with van der Waals surface area (Å²) in [6.45, 7) is 3.77. The normalized spacial score (nSPS) is 21.8. The number of oxime groups is 1. The van der Waals surface area contributed by atoms with Crippen LogP contribution in [0.5, 0.6) is 0 Å². The Morgan fingerprint density at radius 2 is 1.92 bits per heavy atom. The van der Waals surface area contributed by atoms with Gasteiger partial charge in [-0.2, -0.15) is 15.3 Å². The smallest absolute Gasteiger partial charge is 0.323 e. The predicted octanol–water partition coefficient (Wildman–Crippen LogP) is 5.03. The molecule has 1 atom stereocenters. The lowest BCUT2D eigenvalue weighted by Crippen LogP contribution is -2.49. The molecule has 1 saturated heterocycles. The van der Waals surface area contributed by atoms with E-state index in [-0.39, 0.29) is 23.7 Å². The van der Waals surface area contributed by atoms with Crippen LogP contribution in [0.2, 0.25) is 0 Å². The molecule has 2 N–H and O–H groups in total. The molecule has 48 heavy (non-hydrogen) atoms. The first-order chi connectivity index (χ1) is 23.4. The minimum absolute atomic E-state index is 0.0362. The molecule has 1 aromatic carbocycles. The van der Waals surface area contributed by atoms with Gasteiger partial charge in [0, 0.05) is 68.6 Å². The van der Waals surface area contributed by atoms with E-state index in [0.717, 1.165) is 67.5 Å². The number of carbonyl (C=O) groups is 1. The molecule has 246 valence electrons. The van der Waals surface area contributed by atoms with Gasteiger partial charge in [0.25, 0.3) is 0 Å². The molecule has 1 saturated carbocycles. The lowest BCUT2D eigenvalue weighted by Gasteiger charge is -2.36. The first kappa shape index (κ1) is 31.1. The summed E-state index contributed by atoms with van der Waals surface area (Å²) < 4.78 is 1.76. The molecule has 1 aliphatic carbocycles. The molecule has 0 bridgehead atoms. The first-order valence-corrected chi connectivity index (χ1v) is 16.4. The van der Waals surface area contributed by atoms with Crippen LogP contribution in [0.3, 0.4) is 0 Å². The first-order valence-electron chi connectivity index (χ1n) is 16.4. The van der Waals surface area contributed by atoms with Crippen LogP contribution in [0.4, 0.5) is 22.4 Å². The van der Waals surface area contributed by atoms with Gasteiger partial charge in [0.15, 0.2) is 11.4 Å². The number of carbonyl (C=O) groups excluding carboxylic acids is 1. The third-order valence-corrected chi connectivity index (χ3v) is 9.41. The molecule has 1 unspecified atom stereocenters. The van der Waals surface area contributed by atoms with E-state index in [2.05, 4.69) is 36.8 Å². The van der Waals surface area contributed by atoms with E-state index in [9.17, 15) is 10.1 Å². The highest BCUT2D eigenvalue weighted by molar-refractivity contribution is 5.91. The Bertz CT molecular complexity index is 1830. The van der Waals surface area contributed by atoms with E-state index in [0.29, 0.717) is 36.2 Å². The Morgan fingerprint density at radius 3 is 2.60 bits per heavy atom. The zero-order valence-corrected chi connectivity index (χ0v) is 27.2. The monoisotopic (exact) mass is 645 g/mol. The van der Waals surface area contributed by atoms with Crippen molar-refractivity contribution in [1.82, 2.24) is 30.0 Å². The van der Waals surface area contributed by atoms with Crippen molar-refractivity contribution in [3.8, 4) is 17.2 Å². The Morgan fingerprint density at radius 1 is 1.08 bits per heavy atom. The second-order valence-corrected chi connectivity index (χ2v) is 13.0. The number of nitrogens with zero attached hydrogens (tertiary/aromatic N) is 9. The van der Waals surface area contributed by atoms with Gasteiger partial charge in [-0.05, 0) is 50.3 Å². The van der Waals surface area contributed by atoms with Crippen molar-refractivity contribution in [3.63, 3.8) is 0 Å².